The first-order valence-electron chi connectivity index (χ1n) is 13.9. The van der Waals surface area contributed by atoms with Crippen molar-refractivity contribution in [2.75, 3.05) is 20.6 Å². The van der Waals surface area contributed by atoms with Gasteiger partial charge in [-0.15, -0.1) is 0 Å². The SMILES string of the molecule is C=C/C(=C\C=NC)CN1C(=C)N(C)C(=C)C(CCC2(C)C=CC(C)=CC2)=C1N=C(C)Oc1cccc(CC(F)(F)F)c1. The van der Waals surface area contributed by atoms with Gasteiger partial charge in [0.05, 0.1) is 13.0 Å². The van der Waals surface area contributed by atoms with Gasteiger partial charge in [0, 0.05) is 38.5 Å². The Balaban J connectivity index is 2.05. The summed E-state index contributed by atoms with van der Waals surface area (Å²) in [7, 11) is 3.62. The summed E-state index contributed by atoms with van der Waals surface area (Å²) < 4.78 is 44.9. The van der Waals surface area contributed by atoms with Crippen LogP contribution in [0.25, 0.3) is 0 Å². The first kappa shape index (κ1) is 32.4. The van der Waals surface area contributed by atoms with Gasteiger partial charge in [0.2, 0.25) is 0 Å². The van der Waals surface area contributed by atoms with E-state index in [1.807, 2.05) is 22.9 Å². The lowest BCUT2D eigenvalue weighted by Gasteiger charge is -2.41. The number of benzene rings is 1. The van der Waals surface area contributed by atoms with Gasteiger partial charge in [-0.2, -0.15) is 18.2 Å². The highest BCUT2D eigenvalue weighted by Gasteiger charge is 2.32. The highest BCUT2D eigenvalue weighted by Crippen LogP contribution is 2.40. The average molecular weight is 579 g/mol. The van der Waals surface area contributed by atoms with Crippen LogP contribution < -0.4 is 4.74 Å². The summed E-state index contributed by atoms with van der Waals surface area (Å²) in [4.78, 5) is 12.9. The third-order valence-electron chi connectivity index (χ3n) is 7.44. The third kappa shape index (κ3) is 8.71. The molecule has 1 heterocycles. The van der Waals surface area contributed by atoms with Crippen molar-refractivity contribution in [1.82, 2.24) is 9.80 Å². The number of hydrogen-bond acceptors (Lipinski definition) is 5. The van der Waals surface area contributed by atoms with Gasteiger partial charge in [-0.25, -0.2) is 0 Å². The van der Waals surface area contributed by atoms with Crippen LogP contribution >= 0.6 is 0 Å². The molecule has 224 valence electrons. The summed E-state index contributed by atoms with van der Waals surface area (Å²) in [6.07, 6.45) is 9.17. The van der Waals surface area contributed by atoms with E-state index in [9.17, 15) is 13.2 Å². The van der Waals surface area contributed by atoms with Crippen LogP contribution in [0.2, 0.25) is 0 Å². The van der Waals surface area contributed by atoms with Crippen LogP contribution in [0.5, 0.6) is 5.75 Å². The summed E-state index contributed by atoms with van der Waals surface area (Å²) in [5.41, 5.74) is 3.97. The highest BCUT2D eigenvalue weighted by atomic mass is 19.4. The molecule has 1 aromatic rings. The summed E-state index contributed by atoms with van der Waals surface area (Å²) in [6.45, 7) is 19.1. The molecule has 0 amide bonds. The normalized spacial score (nSPS) is 20.5. The maximum absolute atomic E-state index is 13.0. The zero-order valence-electron chi connectivity index (χ0n) is 25.3. The fraction of sp³-hybridized carbons (Fsp3) is 0.353. The quantitative estimate of drug-likeness (QED) is 0.159. The van der Waals surface area contributed by atoms with Crippen LogP contribution in [0, 0.1) is 5.41 Å². The summed E-state index contributed by atoms with van der Waals surface area (Å²) in [5.74, 6) is 1.86. The Labute approximate surface area is 248 Å². The molecule has 0 saturated heterocycles. The molecule has 5 nitrogen and oxygen atoms in total. The van der Waals surface area contributed by atoms with Crippen LogP contribution in [-0.4, -0.2) is 48.7 Å². The van der Waals surface area contributed by atoms with E-state index in [2.05, 4.69) is 56.8 Å². The fourth-order valence-corrected chi connectivity index (χ4v) is 4.79. The molecule has 0 aromatic heterocycles. The second-order valence-corrected chi connectivity index (χ2v) is 11.0. The minimum Gasteiger partial charge on any atom is -0.443 e. The molecule has 0 spiro atoms. The number of hydrogen-bond donors (Lipinski definition) is 0. The Morgan fingerprint density at radius 2 is 1.98 bits per heavy atom. The highest BCUT2D eigenvalue weighted by molar-refractivity contribution is 5.77. The second-order valence-electron chi connectivity index (χ2n) is 11.0. The molecule has 2 aliphatic rings. The fourth-order valence-electron chi connectivity index (χ4n) is 4.79. The Hall–Kier alpha value is -4.07. The van der Waals surface area contributed by atoms with E-state index < -0.39 is 12.6 Å². The number of alkyl halides is 3. The second kappa shape index (κ2) is 13.7. The van der Waals surface area contributed by atoms with E-state index in [0.717, 1.165) is 29.7 Å². The number of halogens is 3. The lowest BCUT2D eigenvalue weighted by molar-refractivity contribution is -0.127. The van der Waals surface area contributed by atoms with Crippen molar-refractivity contribution in [1.29, 1.82) is 0 Å². The topological polar surface area (TPSA) is 40.4 Å². The van der Waals surface area contributed by atoms with Crippen molar-refractivity contribution >= 4 is 12.1 Å². The van der Waals surface area contributed by atoms with Crippen molar-refractivity contribution in [2.24, 2.45) is 15.4 Å². The molecule has 0 saturated carbocycles. The minimum atomic E-state index is -4.31. The Morgan fingerprint density at radius 1 is 1.24 bits per heavy atom. The van der Waals surface area contributed by atoms with Crippen LogP contribution in [0.4, 0.5) is 13.2 Å². The average Bonchev–Trinajstić information content (AvgIpc) is 2.92. The van der Waals surface area contributed by atoms with Crippen LogP contribution in [0.15, 0.2) is 118 Å². The Bertz CT molecular complexity index is 1390. The molecule has 0 bridgehead atoms. The molecule has 1 aliphatic heterocycles. The zero-order chi connectivity index (χ0) is 31.1. The minimum absolute atomic E-state index is 0.0201. The van der Waals surface area contributed by atoms with E-state index in [1.54, 1.807) is 38.4 Å². The number of likely N-dealkylation sites (N-methyl/N-ethyl adjacent to an activating group) is 1. The smallest absolute Gasteiger partial charge is 0.393 e. The summed E-state index contributed by atoms with van der Waals surface area (Å²) >= 11 is 0. The van der Waals surface area contributed by atoms with E-state index in [4.69, 9.17) is 9.73 Å². The van der Waals surface area contributed by atoms with E-state index in [-0.39, 0.29) is 22.6 Å². The number of rotatable bonds is 10. The molecular weight excluding hydrogens is 537 g/mol. The lowest BCUT2D eigenvalue weighted by atomic mass is 9.77. The molecular formula is C34H41F3N4O. The van der Waals surface area contributed by atoms with Gasteiger partial charge in [-0.1, -0.05) is 68.7 Å². The van der Waals surface area contributed by atoms with Gasteiger partial charge >= 0.3 is 6.18 Å². The number of aliphatic imine (C=N–C) groups is 2. The molecule has 1 atom stereocenters. The standard InChI is InChI=1S/C34H41F3N4O/c1-9-28(16-20-38-7)23-41-27(5)40(8)25(3)31(15-19-33(6)17-13-24(2)14-18-33)32(41)39-26(4)42-30-12-10-11-29(21-30)22-34(35,36)37/h9-14,16-17,20-21H,1,3,5,15,18-19,22-23H2,2,4,6-8H3/b28-16+,38-20?,39-26?. The summed E-state index contributed by atoms with van der Waals surface area (Å²) in [6, 6.07) is 5.98. The molecule has 8 heteroatoms. The maximum atomic E-state index is 13.0. The monoisotopic (exact) mass is 578 g/mol. The Morgan fingerprint density at radius 3 is 2.60 bits per heavy atom. The largest absolute Gasteiger partial charge is 0.443 e. The van der Waals surface area contributed by atoms with E-state index in [1.165, 1.54) is 17.7 Å². The van der Waals surface area contributed by atoms with Crippen LogP contribution in [0.3, 0.4) is 0 Å². The Kier molecular flexibility index (Phi) is 10.6. The lowest BCUT2D eigenvalue weighted by Crippen LogP contribution is -2.38. The van der Waals surface area contributed by atoms with Crippen molar-refractivity contribution in [3.63, 3.8) is 0 Å². The van der Waals surface area contributed by atoms with Gasteiger partial charge < -0.3 is 14.5 Å². The van der Waals surface area contributed by atoms with E-state index >= 15 is 0 Å². The van der Waals surface area contributed by atoms with Gasteiger partial charge in [-0.3, -0.25) is 4.99 Å². The van der Waals surface area contributed by atoms with Crippen molar-refractivity contribution in [3.05, 3.63) is 114 Å². The van der Waals surface area contributed by atoms with Crippen molar-refractivity contribution in [2.45, 2.75) is 52.6 Å². The van der Waals surface area contributed by atoms with Gasteiger partial charge in [-0.05, 0) is 60.9 Å². The van der Waals surface area contributed by atoms with Gasteiger partial charge in [0.15, 0.2) is 5.90 Å². The molecule has 42 heavy (non-hydrogen) atoms. The number of ether oxygens (including phenoxy) is 1. The number of nitrogens with zero attached hydrogens (tertiary/aromatic N) is 4. The zero-order valence-corrected chi connectivity index (χ0v) is 25.3. The number of allylic oxidation sites excluding steroid dienone is 6. The van der Waals surface area contributed by atoms with Gasteiger partial charge in [0.1, 0.15) is 17.4 Å². The predicted molar refractivity (Wildman–Crippen MR) is 167 cm³/mol. The molecule has 0 fully saturated rings. The van der Waals surface area contributed by atoms with Crippen LogP contribution in [0.1, 0.15) is 45.6 Å². The predicted octanol–water partition coefficient (Wildman–Crippen LogP) is 8.54. The van der Waals surface area contributed by atoms with Crippen molar-refractivity contribution in [3.8, 4) is 5.75 Å². The molecule has 1 unspecified atom stereocenters. The molecule has 0 N–H and O–H groups in total. The first-order valence-corrected chi connectivity index (χ1v) is 13.9. The maximum Gasteiger partial charge on any atom is 0.393 e. The van der Waals surface area contributed by atoms with Gasteiger partial charge in [0.25, 0.3) is 0 Å². The molecule has 0 radical (unpaired) electrons. The van der Waals surface area contributed by atoms with Crippen molar-refractivity contribution < 1.29 is 17.9 Å². The first-order chi connectivity index (χ1) is 19.7. The summed E-state index contributed by atoms with van der Waals surface area (Å²) in [5, 5.41) is 0. The van der Waals surface area contributed by atoms with Crippen LogP contribution in [-0.2, 0) is 6.42 Å². The van der Waals surface area contributed by atoms with E-state index in [0.29, 0.717) is 24.6 Å². The third-order valence-corrected chi connectivity index (χ3v) is 7.44. The molecule has 1 aromatic carbocycles. The molecule has 1 aliphatic carbocycles. The molecule has 3 rings (SSSR count).